The number of oxazole rings is 1. The topological polar surface area (TPSA) is 43.9 Å². The summed E-state index contributed by atoms with van der Waals surface area (Å²) < 4.78 is 8.00. The highest BCUT2D eigenvalue weighted by atomic mass is 16.3. The molecular weight excluding hydrogens is 478 g/mol. The Balaban J connectivity index is 1.70. The van der Waals surface area contributed by atoms with Crippen LogP contribution in [0.5, 0.6) is 0 Å². The molecule has 39 heavy (non-hydrogen) atoms. The quantitative estimate of drug-likeness (QED) is 0.236. The highest BCUT2D eigenvalue weighted by molar-refractivity contribution is 6.09. The number of hydrogen-bond donors (Lipinski definition) is 0. The molecule has 0 saturated carbocycles. The molecule has 0 aliphatic carbocycles. The summed E-state index contributed by atoms with van der Waals surface area (Å²) in [5, 5.41) is 2.46. The molecule has 0 amide bonds. The van der Waals surface area contributed by atoms with E-state index >= 15 is 0 Å². The largest absolute Gasteiger partial charge is 0.445 e. The van der Waals surface area contributed by atoms with E-state index in [1.165, 1.54) is 27.4 Å². The Morgan fingerprint density at radius 3 is 2.08 bits per heavy atom. The monoisotopic (exact) mass is 513 g/mol. The molecule has 0 N–H and O–H groups in total. The van der Waals surface area contributed by atoms with E-state index in [2.05, 4.69) is 124 Å². The van der Waals surface area contributed by atoms with Crippen molar-refractivity contribution in [3.05, 3.63) is 115 Å². The average molecular weight is 514 g/mol. The first kappa shape index (κ1) is 25.1. The molecule has 0 radical (unpaired) electrons. The number of benzene rings is 3. The zero-order valence-corrected chi connectivity index (χ0v) is 23.6. The van der Waals surface area contributed by atoms with Gasteiger partial charge < -0.3 is 8.98 Å². The molecule has 0 fully saturated rings. The Labute approximate surface area is 230 Å². The summed E-state index contributed by atoms with van der Waals surface area (Å²) in [5.74, 6) is 0.618. The molecule has 0 spiro atoms. The molecule has 6 rings (SSSR count). The number of rotatable bonds is 4. The smallest absolute Gasteiger partial charge is 0.225 e. The van der Waals surface area contributed by atoms with Gasteiger partial charge in [-0.05, 0) is 58.9 Å². The van der Waals surface area contributed by atoms with E-state index in [-0.39, 0.29) is 16.2 Å². The van der Waals surface area contributed by atoms with Gasteiger partial charge in [0.15, 0.2) is 0 Å². The van der Waals surface area contributed by atoms with E-state index in [4.69, 9.17) is 9.40 Å². The van der Waals surface area contributed by atoms with E-state index in [9.17, 15) is 0 Å². The highest BCUT2D eigenvalue weighted by Crippen LogP contribution is 2.57. The summed E-state index contributed by atoms with van der Waals surface area (Å²) >= 11 is 0. The molecule has 3 aromatic heterocycles. The van der Waals surface area contributed by atoms with Crippen molar-refractivity contribution in [1.82, 2.24) is 14.5 Å². The van der Waals surface area contributed by atoms with Crippen molar-refractivity contribution in [3.8, 4) is 17.1 Å². The Hall–Kier alpha value is -4.18. The SMILES string of the molecule is CC(C)(C)C(c1ccc2c3ccccc3n(-c3cccc(-c4ncco4)c3)c2c1)(c1ccccn1)C(C)(C)C. The Kier molecular flexibility index (Phi) is 5.76. The van der Waals surface area contributed by atoms with Crippen molar-refractivity contribution in [1.29, 1.82) is 0 Å². The van der Waals surface area contributed by atoms with Gasteiger partial charge in [-0.25, -0.2) is 4.98 Å². The number of pyridine rings is 1. The van der Waals surface area contributed by atoms with Gasteiger partial charge in [-0.3, -0.25) is 4.98 Å². The lowest BCUT2D eigenvalue weighted by Gasteiger charge is -2.54. The number of para-hydroxylation sites is 1. The molecule has 3 aromatic carbocycles. The lowest BCUT2D eigenvalue weighted by atomic mass is 9.49. The van der Waals surface area contributed by atoms with E-state index in [1.54, 1.807) is 12.5 Å². The summed E-state index contributed by atoms with van der Waals surface area (Å²) in [6.45, 7) is 14.0. The second kappa shape index (κ2) is 8.94. The van der Waals surface area contributed by atoms with Crippen LogP contribution in [0.3, 0.4) is 0 Å². The van der Waals surface area contributed by atoms with Crippen LogP contribution in [0.2, 0.25) is 0 Å². The number of aromatic nitrogens is 3. The lowest BCUT2D eigenvalue weighted by molar-refractivity contribution is 0.0866. The molecule has 4 nitrogen and oxygen atoms in total. The third kappa shape index (κ3) is 3.81. The molecule has 0 saturated heterocycles. The van der Waals surface area contributed by atoms with Crippen molar-refractivity contribution >= 4 is 21.8 Å². The van der Waals surface area contributed by atoms with Crippen molar-refractivity contribution in [2.45, 2.75) is 47.0 Å². The van der Waals surface area contributed by atoms with Crippen molar-refractivity contribution in [3.63, 3.8) is 0 Å². The lowest BCUT2D eigenvalue weighted by Crippen LogP contribution is -2.51. The zero-order valence-electron chi connectivity index (χ0n) is 23.6. The number of fused-ring (bicyclic) bond motifs is 3. The Morgan fingerprint density at radius 1 is 0.641 bits per heavy atom. The van der Waals surface area contributed by atoms with Crippen molar-refractivity contribution < 1.29 is 4.42 Å². The third-order valence-corrected chi connectivity index (χ3v) is 8.19. The molecule has 196 valence electrons. The van der Waals surface area contributed by atoms with Crippen LogP contribution >= 0.6 is 0 Å². The fraction of sp³-hybridized carbons (Fsp3) is 0.257. The Bertz CT molecular complexity index is 1750. The second-order valence-electron chi connectivity index (χ2n) is 12.4. The van der Waals surface area contributed by atoms with Crippen molar-refractivity contribution in [2.24, 2.45) is 10.8 Å². The van der Waals surface area contributed by atoms with Gasteiger partial charge in [-0.1, -0.05) is 84.0 Å². The minimum atomic E-state index is -0.351. The third-order valence-electron chi connectivity index (χ3n) is 8.19. The van der Waals surface area contributed by atoms with Gasteiger partial charge in [-0.2, -0.15) is 0 Å². The molecule has 4 heteroatoms. The van der Waals surface area contributed by atoms with Crippen molar-refractivity contribution in [2.75, 3.05) is 0 Å². The van der Waals surface area contributed by atoms with Gasteiger partial charge in [0.1, 0.15) is 6.26 Å². The molecule has 3 heterocycles. The molecule has 6 aromatic rings. The minimum Gasteiger partial charge on any atom is -0.445 e. The first-order valence-electron chi connectivity index (χ1n) is 13.6. The van der Waals surface area contributed by atoms with Crippen LogP contribution in [0.25, 0.3) is 38.9 Å². The van der Waals surface area contributed by atoms with Crippen LogP contribution in [0.4, 0.5) is 0 Å². The van der Waals surface area contributed by atoms with Crippen LogP contribution in [-0.2, 0) is 5.41 Å². The van der Waals surface area contributed by atoms with Gasteiger partial charge in [0.05, 0.1) is 22.9 Å². The highest BCUT2D eigenvalue weighted by Gasteiger charge is 2.54. The standard InChI is InChI=1S/C35H35N3O/c1-33(2,3)35(34(4,5)6,31-16-9-10-19-36-31)25-17-18-28-27-14-7-8-15-29(27)38(30(28)23-25)26-13-11-12-24(22-26)32-37-20-21-39-32/h7-23H,1-6H3. The maximum absolute atomic E-state index is 5.63. The van der Waals surface area contributed by atoms with E-state index < -0.39 is 0 Å². The van der Waals surface area contributed by atoms with Crippen LogP contribution in [0.1, 0.15) is 52.8 Å². The molecular formula is C35H35N3O. The second-order valence-corrected chi connectivity index (χ2v) is 12.4. The first-order chi connectivity index (χ1) is 18.6. The first-order valence-corrected chi connectivity index (χ1v) is 13.6. The van der Waals surface area contributed by atoms with Gasteiger partial charge in [0.25, 0.3) is 0 Å². The van der Waals surface area contributed by atoms with Gasteiger partial charge in [0.2, 0.25) is 5.89 Å². The van der Waals surface area contributed by atoms with Crippen LogP contribution < -0.4 is 0 Å². The maximum atomic E-state index is 5.63. The predicted octanol–water partition coefficient (Wildman–Crippen LogP) is 9.21. The van der Waals surface area contributed by atoms with E-state index in [0.717, 1.165) is 16.9 Å². The molecule has 0 aliphatic heterocycles. The number of nitrogens with zero attached hydrogens (tertiary/aromatic N) is 3. The van der Waals surface area contributed by atoms with Crippen LogP contribution in [-0.4, -0.2) is 14.5 Å². The summed E-state index contributed by atoms with van der Waals surface area (Å²) in [6, 6.07) is 30.4. The molecule has 0 unspecified atom stereocenters. The maximum Gasteiger partial charge on any atom is 0.225 e. The summed E-state index contributed by atoms with van der Waals surface area (Å²) in [7, 11) is 0. The Morgan fingerprint density at radius 2 is 1.38 bits per heavy atom. The minimum absolute atomic E-state index is 0.116. The van der Waals surface area contributed by atoms with Gasteiger partial charge in [-0.15, -0.1) is 0 Å². The molecule has 0 bridgehead atoms. The van der Waals surface area contributed by atoms with Crippen LogP contribution in [0.15, 0.2) is 108 Å². The fourth-order valence-corrected chi connectivity index (χ4v) is 7.12. The molecule has 0 aliphatic rings. The van der Waals surface area contributed by atoms with Crippen LogP contribution in [0, 0.1) is 10.8 Å². The summed E-state index contributed by atoms with van der Waals surface area (Å²) in [4.78, 5) is 9.36. The molecule has 0 atom stereocenters. The predicted molar refractivity (Wildman–Crippen MR) is 160 cm³/mol. The van der Waals surface area contributed by atoms with Gasteiger partial charge >= 0.3 is 0 Å². The summed E-state index contributed by atoms with van der Waals surface area (Å²) in [5.41, 5.74) is 6.15. The normalized spacial score (nSPS) is 12.9. The average Bonchev–Trinajstić information content (AvgIpc) is 3.55. The number of hydrogen-bond acceptors (Lipinski definition) is 3. The zero-order chi connectivity index (χ0) is 27.4. The fourth-order valence-electron chi connectivity index (χ4n) is 7.12. The van der Waals surface area contributed by atoms with E-state index in [0.29, 0.717) is 5.89 Å². The van der Waals surface area contributed by atoms with Gasteiger partial charge in [0, 0.05) is 33.6 Å². The van der Waals surface area contributed by atoms with E-state index in [1.807, 2.05) is 18.3 Å². The summed E-state index contributed by atoms with van der Waals surface area (Å²) in [6.07, 6.45) is 5.22.